The van der Waals surface area contributed by atoms with E-state index in [1.54, 1.807) is 0 Å². The molecule has 2 atom stereocenters. The minimum absolute atomic E-state index is 0.0171. The summed E-state index contributed by atoms with van der Waals surface area (Å²) in [5, 5.41) is 0. The Balaban J connectivity index is 4.63. The monoisotopic (exact) mass is 644 g/mol. The number of hydrogen-bond donors (Lipinski definition) is 1. The van der Waals surface area contributed by atoms with E-state index < -0.39 is 32.5 Å². The average Bonchev–Trinajstić information content (AvgIpc) is 2.95. The summed E-state index contributed by atoms with van der Waals surface area (Å²) in [5.74, 6) is -0.949. The summed E-state index contributed by atoms with van der Waals surface area (Å²) in [6, 6.07) is 0. The quantitative estimate of drug-likeness (QED) is 0.0285. The summed E-state index contributed by atoms with van der Waals surface area (Å²) in [5.41, 5.74) is 0. The number of carbonyl (C=O) groups excluding carboxylic acids is 2. The summed E-state index contributed by atoms with van der Waals surface area (Å²) in [6.07, 6.45) is 26.8. The van der Waals surface area contributed by atoms with Crippen LogP contribution in [0.25, 0.3) is 0 Å². The van der Waals surface area contributed by atoms with Crippen molar-refractivity contribution in [1.29, 1.82) is 0 Å². The van der Waals surface area contributed by atoms with E-state index in [1.807, 2.05) is 39.4 Å². The Bertz CT molecular complexity index is 866. The molecule has 0 saturated heterocycles. The second-order valence-corrected chi connectivity index (χ2v) is 13.6. The van der Waals surface area contributed by atoms with Crippen molar-refractivity contribution >= 4 is 19.8 Å². The van der Waals surface area contributed by atoms with Gasteiger partial charge in [0, 0.05) is 12.8 Å². The maximum atomic E-state index is 12.5. The van der Waals surface area contributed by atoms with Gasteiger partial charge in [0.15, 0.2) is 6.10 Å². The molecule has 44 heavy (non-hydrogen) atoms. The van der Waals surface area contributed by atoms with Crippen molar-refractivity contribution in [3.8, 4) is 0 Å². The number of rotatable bonds is 29. The van der Waals surface area contributed by atoms with Gasteiger partial charge < -0.3 is 18.9 Å². The van der Waals surface area contributed by atoms with Crippen molar-refractivity contribution in [3.05, 3.63) is 36.5 Å². The molecule has 0 aliphatic rings. The number of likely N-dealkylation sites (N-methyl/N-ethyl adjacent to an activating group) is 1. The van der Waals surface area contributed by atoms with Crippen LogP contribution in [-0.2, 0) is 32.7 Å². The van der Waals surface area contributed by atoms with E-state index in [1.165, 1.54) is 44.9 Å². The van der Waals surface area contributed by atoms with Crippen LogP contribution in [-0.4, -0.2) is 74.9 Å². The third-order valence-electron chi connectivity index (χ3n) is 6.67. The number of esters is 2. The van der Waals surface area contributed by atoms with Crippen LogP contribution in [0.4, 0.5) is 0 Å². The predicted octanol–water partition coefficient (Wildman–Crippen LogP) is 8.23. The second kappa shape index (κ2) is 27.5. The Morgan fingerprint density at radius 1 is 0.705 bits per heavy atom. The van der Waals surface area contributed by atoms with E-state index >= 15 is 0 Å². The topological polar surface area (TPSA) is 108 Å². The Morgan fingerprint density at radius 3 is 1.89 bits per heavy atom. The van der Waals surface area contributed by atoms with E-state index in [2.05, 4.69) is 32.1 Å². The van der Waals surface area contributed by atoms with Crippen LogP contribution in [0, 0.1) is 0 Å². The Kier molecular flexibility index (Phi) is 26.4. The van der Waals surface area contributed by atoms with E-state index in [0.29, 0.717) is 23.9 Å². The third kappa shape index (κ3) is 30.3. The van der Waals surface area contributed by atoms with Crippen LogP contribution in [0.5, 0.6) is 0 Å². The fourth-order valence-electron chi connectivity index (χ4n) is 3.96. The lowest BCUT2D eigenvalue weighted by molar-refractivity contribution is -0.870. The van der Waals surface area contributed by atoms with Crippen molar-refractivity contribution in [2.75, 3.05) is 47.5 Å². The van der Waals surface area contributed by atoms with Gasteiger partial charge in [0.25, 0.3) is 0 Å². The van der Waals surface area contributed by atoms with E-state index in [9.17, 15) is 19.0 Å². The van der Waals surface area contributed by atoms with Crippen LogP contribution in [0.15, 0.2) is 36.5 Å². The van der Waals surface area contributed by atoms with Crippen LogP contribution < -0.4 is 0 Å². The van der Waals surface area contributed by atoms with E-state index in [0.717, 1.165) is 32.1 Å². The number of ether oxygens (including phenoxy) is 2. The largest absolute Gasteiger partial charge is 0.472 e. The maximum absolute atomic E-state index is 12.5. The molecule has 9 nitrogen and oxygen atoms in total. The maximum Gasteiger partial charge on any atom is 0.472 e. The number of carbonyl (C=O) groups is 2. The van der Waals surface area contributed by atoms with Gasteiger partial charge >= 0.3 is 19.8 Å². The number of allylic oxidation sites excluding steroid dienone is 6. The molecular weight excluding hydrogens is 581 g/mol. The number of hydrogen-bond acceptors (Lipinski definition) is 7. The summed E-state index contributed by atoms with van der Waals surface area (Å²) in [4.78, 5) is 34.8. The Labute approximate surface area is 268 Å². The molecule has 10 heteroatoms. The third-order valence-corrected chi connectivity index (χ3v) is 7.65. The Morgan fingerprint density at radius 2 is 1.23 bits per heavy atom. The van der Waals surface area contributed by atoms with Crippen LogP contribution >= 0.6 is 7.82 Å². The van der Waals surface area contributed by atoms with E-state index in [-0.39, 0.29) is 26.1 Å². The molecule has 0 saturated carbocycles. The van der Waals surface area contributed by atoms with E-state index in [4.69, 9.17) is 18.5 Å². The molecule has 0 fully saturated rings. The highest BCUT2D eigenvalue weighted by Gasteiger charge is 2.26. The molecule has 0 amide bonds. The summed E-state index contributed by atoms with van der Waals surface area (Å²) < 4.78 is 33.8. The van der Waals surface area contributed by atoms with Gasteiger partial charge in [0.2, 0.25) is 0 Å². The molecule has 0 heterocycles. The first-order valence-corrected chi connectivity index (χ1v) is 18.2. The fourth-order valence-corrected chi connectivity index (χ4v) is 4.70. The van der Waals surface area contributed by atoms with Gasteiger partial charge in [-0.3, -0.25) is 18.6 Å². The van der Waals surface area contributed by atoms with Crippen LogP contribution in [0.3, 0.4) is 0 Å². The first-order valence-electron chi connectivity index (χ1n) is 16.7. The zero-order valence-electron chi connectivity index (χ0n) is 28.4. The number of unbranched alkanes of at least 4 members (excludes halogenated alkanes) is 9. The lowest BCUT2D eigenvalue weighted by atomic mass is 10.1. The molecule has 0 rings (SSSR count). The molecule has 0 aromatic carbocycles. The van der Waals surface area contributed by atoms with Gasteiger partial charge in [-0.05, 0) is 44.9 Å². The van der Waals surface area contributed by atoms with Gasteiger partial charge in [-0.25, -0.2) is 4.57 Å². The Hall–Kier alpha value is -1.77. The molecule has 0 radical (unpaired) electrons. The number of phosphoric ester groups is 1. The summed E-state index contributed by atoms with van der Waals surface area (Å²) >= 11 is 0. The molecule has 0 spiro atoms. The standard InChI is InChI=1S/C34H62NO8P/c1-6-8-10-12-14-15-16-17-18-19-21-23-25-27-34(37)43-32(31-42-44(38,39)41-29-28-35(3,4)5)30-40-33(36)26-24-22-20-13-11-9-7-2/h17-18,20-23,32H,6-16,19,24-31H2,1-5H3/p+1/b18-17+,22-20+,23-21+. The lowest BCUT2D eigenvalue weighted by Crippen LogP contribution is -2.37. The number of quaternary nitrogens is 1. The SMILES string of the molecule is CCCCC/C=C/CCC(=O)OCC(COP(=O)(O)OCC[N+](C)(C)C)OC(=O)CC/C=C/C/C=C/CCCCCCCC. The number of nitrogens with zero attached hydrogens (tertiary/aromatic N) is 1. The molecule has 256 valence electrons. The molecule has 0 aliphatic heterocycles. The van der Waals surface area contributed by atoms with Crippen LogP contribution in [0.2, 0.25) is 0 Å². The van der Waals surface area contributed by atoms with Gasteiger partial charge in [-0.1, -0.05) is 95.2 Å². The zero-order chi connectivity index (χ0) is 32.9. The first kappa shape index (κ1) is 42.2. The van der Waals surface area contributed by atoms with Crippen molar-refractivity contribution in [3.63, 3.8) is 0 Å². The number of phosphoric acid groups is 1. The van der Waals surface area contributed by atoms with Gasteiger partial charge in [-0.2, -0.15) is 0 Å². The first-order chi connectivity index (χ1) is 21.0. The normalized spacial score (nSPS) is 14.4. The molecular formula is C34H63NO8P+. The van der Waals surface area contributed by atoms with Crippen molar-refractivity contribution < 1.29 is 42.1 Å². The predicted molar refractivity (Wildman–Crippen MR) is 178 cm³/mol. The van der Waals surface area contributed by atoms with Gasteiger partial charge in [0.05, 0.1) is 27.7 Å². The molecule has 1 N–H and O–H groups in total. The summed E-state index contributed by atoms with van der Waals surface area (Å²) in [7, 11) is 1.42. The smallest absolute Gasteiger partial charge is 0.462 e. The average molecular weight is 645 g/mol. The van der Waals surface area contributed by atoms with Crippen molar-refractivity contribution in [2.24, 2.45) is 0 Å². The fraction of sp³-hybridized carbons (Fsp3) is 0.765. The highest BCUT2D eigenvalue weighted by molar-refractivity contribution is 7.47. The van der Waals surface area contributed by atoms with Crippen LogP contribution in [0.1, 0.15) is 117 Å². The minimum Gasteiger partial charge on any atom is -0.462 e. The van der Waals surface area contributed by atoms with Crippen molar-refractivity contribution in [1.82, 2.24) is 0 Å². The lowest BCUT2D eigenvalue weighted by Gasteiger charge is -2.24. The highest BCUT2D eigenvalue weighted by Crippen LogP contribution is 2.43. The molecule has 0 aliphatic carbocycles. The second-order valence-electron chi connectivity index (χ2n) is 12.2. The van der Waals surface area contributed by atoms with Crippen molar-refractivity contribution in [2.45, 2.75) is 123 Å². The molecule has 0 aromatic rings. The molecule has 2 unspecified atom stereocenters. The zero-order valence-corrected chi connectivity index (χ0v) is 29.3. The summed E-state index contributed by atoms with van der Waals surface area (Å²) in [6.45, 7) is 4.19. The minimum atomic E-state index is -4.38. The molecule has 0 bridgehead atoms. The van der Waals surface area contributed by atoms with Gasteiger partial charge in [0.1, 0.15) is 19.8 Å². The van der Waals surface area contributed by atoms with Gasteiger partial charge in [-0.15, -0.1) is 0 Å². The molecule has 0 aromatic heterocycles. The highest BCUT2D eigenvalue weighted by atomic mass is 31.2.